The van der Waals surface area contributed by atoms with Crippen LogP contribution in [-0.2, 0) is 22.8 Å². The van der Waals surface area contributed by atoms with Gasteiger partial charge in [-0.1, -0.05) is 54.6 Å². The summed E-state index contributed by atoms with van der Waals surface area (Å²) in [5.74, 6) is 0.448. The highest BCUT2D eigenvalue weighted by Gasteiger charge is 2.35. The SMILES string of the molecule is N#C[C@H](c1nc2ccccc2nc1N1CCc2ccccc2C1)S(=O)(=O)c1ccccc1. The van der Waals surface area contributed by atoms with E-state index in [1.165, 1.54) is 23.3 Å². The second-order valence-corrected chi connectivity index (χ2v) is 9.76. The number of nitrogens with zero attached hydrogens (tertiary/aromatic N) is 4. The van der Waals surface area contributed by atoms with Gasteiger partial charge in [0.1, 0.15) is 5.69 Å². The highest BCUT2D eigenvalue weighted by molar-refractivity contribution is 7.92. The van der Waals surface area contributed by atoms with Crippen molar-refractivity contribution in [1.29, 1.82) is 5.26 Å². The predicted octanol–water partition coefficient (Wildman–Crippen LogP) is 4.23. The summed E-state index contributed by atoms with van der Waals surface area (Å²) in [6.45, 7) is 1.25. The second-order valence-electron chi connectivity index (χ2n) is 7.73. The standard InChI is InChI=1S/C25H20N4O2S/c26-16-23(32(30,31)20-10-2-1-3-11-20)24-25(28-22-13-7-6-12-21(22)27-24)29-15-14-18-8-4-5-9-19(18)17-29/h1-13,23H,14-15,17H2/t23-/m1/s1. The number of benzene rings is 3. The van der Waals surface area contributed by atoms with Gasteiger partial charge < -0.3 is 4.90 Å². The molecule has 0 saturated carbocycles. The zero-order valence-corrected chi connectivity index (χ0v) is 18.0. The van der Waals surface area contributed by atoms with E-state index < -0.39 is 15.1 Å². The number of para-hydroxylation sites is 2. The summed E-state index contributed by atoms with van der Waals surface area (Å²) in [5.41, 5.74) is 3.84. The number of nitriles is 1. The molecule has 7 heteroatoms. The minimum absolute atomic E-state index is 0.0939. The van der Waals surface area contributed by atoms with Crippen LogP contribution in [0.4, 0.5) is 5.82 Å². The molecule has 0 aliphatic carbocycles. The van der Waals surface area contributed by atoms with E-state index in [0.717, 1.165) is 6.42 Å². The average molecular weight is 441 g/mol. The van der Waals surface area contributed by atoms with Crippen molar-refractivity contribution in [3.05, 3.63) is 95.7 Å². The van der Waals surface area contributed by atoms with Crippen molar-refractivity contribution in [3.63, 3.8) is 0 Å². The van der Waals surface area contributed by atoms with Crippen LogP contribution >= 0.6 is 0 Å². The van der Waals surface area contributed by atoms with Crippen LogP contribution in [0.3, 0.4) is 0 Å². The zero-order valence-electron chi connectivity index (χ0n) is 17.2. The van der Waals surface area contributed by atoms with E-state index in [0.29, 0.717) is 29.9 Å². The summed E-state index contributed by atoms with van der Waals surface area (Å²) in [5, 5.41) is 8.55. The molecule has 1 atom stereocenters. The fourth-order valence-electron chi connectivity index (χ4n) is 4.11. The number of anilines is 1. The predicted molar refractivity (Wildman–Crippen MR) is 123 cm³/mol. The lowest BCUT2D eigenvalue weighted by Crippen LogP contribution is -2.33. The molecular weight excluding hydrogens is 420 g/mol. The van der Waals surface area contributed by atoms with Crippen LogP contribution in [0.5, 0.6) is 0 Å². The summed E-state index contributed by atoms with van der Waals surface area (Å²) in [6.07, 6.45) is 0.812. The molecule has 5 rings (SSSR count). The van der Waals surface area contributed by atoms with Crippen molar-refractivity contribution < 1.29 is 8.42 Å². The Balaban J connectivity index is 1.68. The van der Waals surface area contributed by atoms with Crippen LogP contribution in [0.1, 0.15) is 22.1 Å². The topological polar surface area (TPSA) is 86.9 Å². The molecule has 0 unspecified atom stereocenters. The van der Waals surface area contributed by atoms with Crippen LogP contribution in [-0.4, -0.2) is 24.9 Å². The van der Waals surface area contributed by atoms with E-state index in [4.69, 9.17) is 4.98 Å². The Morgan fingerprint density at radius 3 is 2.19 bits per heavy atom. The monoisotopic (exact) mass is 440 g/mol. The van der Waals surface area contributed by atoms with Gasteiger partial charge in [-0.05, 0) is 41.8 Å². The average Bonchev–Trinajstić information content (AvgIpc) is 2.84. The van der Waals surface area contributed by atoms with Gasteiger partial charge in [-0.25, -0.2) is 18.4 Å². The van der Waals surface area contributed by atoms with Gasteiger partial charge in [0.05, 0.1) is 22.0 Å². The molecule has 3 aromatic carbocycles. The Hall–Kier alpha value is -3.76. The molecular formula is C25H20N4O2S. The lowest BCUT2D eigenvalue weighted by Gasteiger charge is -2.31. The number of fused-ring (bicyclic) bond motifs is 2. The van der Waals surface area contributed by atoms with Gasteiger partial charge in [0.25, 0.3) is 0 Å². The van der Waals surface area contributed by atoms with E-state index >= 15 is 0 Å². The Bertz CT molecular complexity index is 1450. The fraction of sp³-hybridized carbons (Fsp3) is 0.160. The second kappa shape index (κ2) is 8.06. The van der Waals surface area contributed by atoms with Crippen LogP contribution in [0.2, 0.25) is 0 Å². The molecule has 2 heterocycles. The largest absolute Gasteiger partial charge is 0.350 e. The van der Waals surface area contributed by atoms with Gasteiger partial charge >= 0.3 is 0 Å². The van der Waals surface area contributed by atoms with Gasteiger partial charge in [0.2, 0.25) is 9.84 Å². The molecule has 1 aliphatic rings. The third-order valence-electron chi connectivity index (χ3n) is 5.76. The van der Waals surface area contributed by atoms with E-state index in [1.807, 2.05) is 41.3 Å². The maximum absolute atomic E-state index is 13.4. The Morgan fingerprint density at radius 1 is 0.844 bits per heavy atom. The molecule has 0 radical (unpaired) electrons. The number of aromatic nitrogens is 2. The first kappa shape index (κ1) is 20.2. The van der Waals surface area contributed by atoms with Gasteiger partial charge in [-0.15, -0.1) is 0 Å². The Morgan fingerprint density at radius 2 is 1.47 bits per heavy atom. The van der Waals surface area contributed by atoms with Crippen molar-refractivity contribution in [3.8, 4) is 6.07 Å². The molecule has 1 aliphatic heterocycles. The zero-order chi connectivity index (χ0) is 22.1. The van der Waals surface area contributed by atoms with Crippen molar-refractivity contribution in [2.45, 2.75) is 23.1 Å². The highest BCUT2D eigenvalue weighted by atomic mass is 32.2. The van der Waals surface area contributed by atoms with E-state index in [9.17, 15) is 13.7 Å². The Labute approximate surface area is 186 Å². The summed E-state index contributed by atoms with van der Waals surface area (Å²) in [4.78, 5) is 11.6. The van der Waals surface area contributed by atoms with Crippen molar-refractivity contribution >= 4 is 26.7 Å². The number of hydrogen-bond donors (Lipinski definition) is 0. The van der Waals surface area contributed by atoms with Gasteiger partial charge in [0.15, 0.2) is 11.1 Å². The summed E-state index contributed by atoms with van der Waals surface area (Å²) in [7, 11) is -3.98. The molecule has 158 valence electrons. The molecule has 0 amide bonds. The third kappa shape index (κ3) is 3.49. The maximum atomic E-state index is 13.4. The Kier molecular flexibility index (Phi) is 5.08. The summed E-state index contributed by atoms with van der Waals surface area (Å²) < 4.78 is 26.8. The van der Waals surface area contributed by atoms with E-state index in [2.05, 4.69) is 17.1 Å². The maximum Gasteiger partial charge on any atom is 0.200 e. The molecule has 6 nitrogen and oxygen atoms in total. The molecule has 0 N–H and O–H groups in total. The van der Waals surface area contributed by atoms with Crippen LogP contribution in [0.15, 0.2) is 83.8 Å². The van der Waals surface area contributed by atoms with Crippen molar-refractivity contribution in [2.24, 2.45) is 0 Å². The van der Waals surface area contributed by atoms with E-state index in [-0.39, 0.29) is 10.6 Å². The van der Waals surface area contributed by atoms with E-state index in [1.54, 1.807) is 24.3 Å². The molecule has 0 saturated heterocycles. The molecule has 32 heavy (non-hydrogen) atoms. The molecule has 0 bridgehead atoms. The summed E-state index contributed by atoms with van der Waals surface area (Å²) in [6, 6.07) is 25.6. The number of rotatable bonds is 4. The quantitative estimate of drug-likeness (QED) is 0.472. The minimum atomic E-state index is -3.98. The molecule has 4 aromatic rings. The van der Waals surface area contributed by atoms with Crippen LogP contribution < -0.4 is 4.90 Å². The normalized spacial score (nSPS) is 14.5. The lowest BCUT2D eigenvalue weighted by atomic mass is 10.00. The van der Waals surface area contributed by atoms with Crippen LogP contribution in [0.25, 0.3) is 11.0 Å². The fourth-order valence-corrected chi connectivity index (χ4v) is 5.51. The molecule has 1 aromatic heterocycles. The van der Waals surface area contributed by atoms with Gasteiger partial charge in [-0.3, -0.25) is 0 Å². The number of sulfone groups is 1. The smallest absolute Gasteiger partial charge is 0.200 e. The molecule has 0 fully saturated rings. The van der Waals surface area contributed by atoms with Gasteiger partial charge in [0, 0.05) is 13.1 Å². The lowest BCUT2D eigenvalue weighted by molar-refractivity contribution is 0.589. The third-order valence-corrected chi connectivity index (χ3v) is 7.63. The van der Waals surface area contributed by atoms with Gasteiger partial charge in [-0.2, -0.15) is 5.26 Å². The first-order valence-corrected chi connectivity index (χ1v) is 11.9. The highest BCUT2D eigenvalue weighted by Crippen LogP contribution is 2.35. The van der Waals surface area contributed by atoms with Crippen molar-refractivity contribution in [1.82, 2.24) is 9.97 Å². The first-order valence-electron chi connectivity index (χ1n) is 10.3. The minimum Gasteiger partial charge on any atom is -0.350 e. The van der Waals surface area contributed by atoms with Crippen molar-refractivity contribution in [2.75, 3.05) is 11.4 Å². The molecule has 0 spiro atoms. The number of hydrogen-bond acceptors (Lipinski definition) is 6. The summed E-state index contributed by atoms with van der Waals surface area (Å²) >= 11 is 0. The first-order chi connectivity index (χ1) is 15.6. The van der Waals surface area contributed by atoms with Crippen LogP contribution in [0, 0.1) is 11.3 Å².